The van der Waals surface area contributed by atoms with Crippen molar-refractivity contribution in [2.24, 2.45) is 4.99 Å². The fourth-order valence-electron chi connectivity index (χ4n) is 2.83. The molecule has 0 spiro atoms. The summed E-state index contributed by atoms with van der Waals surface area (Å²) in [5.41, 5.74) is 1.02. The van der Waals surface area contributed by atoms with Gasteiger partial charge in [-0.05, 0) is 33.1 Å². The molecule has 130 valence electrons. The lowest BCUT2D eigenvalue weighted by Gasteiger charge is -2.24. The highest BCUT2D eigenvalue weighted by Crippen LogP contribution is 2.22. The van der Waals surface area contributed by atoms with Crippen LogP contribution in [0.1, 0.15) is 55.1 Å². The Hall–Kier alpha value is -1.96. The fourth-order valence-corrected chi connectivity index (χ4v) is 3.57. The van der Waals surface area contributed by atoms with E-state index in [2.05, 4.69) is 49.9 Å². The van der Waals surface area contributed by atoms with Crippen LogP contribution in [0.3, 0.4) is 0 Å². The molecule has 1 atom stereocenters. The Bertz CT molecular complexity index is 703. The molecular formula is C16H25N7S. The SMILES string of the molecule is CCNC(=NCc1csc(CC)n1)NC1CCCn2nc(C)nc21. The molecule has 24 heavy (non-hydrogen) atoms. The number of aliphatic imine (C=N–C) groups is 1. The summed E-state index contributed by atoms with van der Waals surface area (Å²) in [5.74, 6) is 2.64. The second-order valence-electron chi connectivity index (χ2n) is 5.86. The van der Waals surface area contributed by atoms with Gasteiger partial charge < -0.3 is 10.6 Å². The molecule has 0 radical (unpaired) electrons. The van der Waals surface area contributed by atoms with E-state index in [1.54, 1.807) is 11.3 Å². The number of hydrogen-bond acceptors (Lipinski definition) is 5. The number of nitrogens with zero attached hydrogens (tertiary/aromatic N) is 5. The molecule has 1 aliphatic heterocycles. The zero-order valence-electron chi connectivity index (χ0n) is 14.5. The van der Waals surface area contributed by atoms with Crippen LogP contribution in [0.5, 0.6) is 0 Å². The van der Waals surface area contributed by atoms with Gasteiger partial charge in [-0.15, -0.1) is 11.3 Å². The molecular weight excluding hydrogens is 322 g/mol. The summed E-state index contributed by atoms with van der Waals surface area (Å²) >= 11 is 1.70. The molecule has 0 saturated heterocycles. The average Bonchev–Trinajstić information content (AvgIpc) is 3.18. The fraction of sp³-hybridized carbons (Fsp3) is 0.625. The quantitative estimate of drug-likeness (QED) is 0.640. The number of fused-ring (bicyclic) bond motifs is 1. The molecule has 3 heterocycles. The van der Waals surface area contributed by atoms with Crippen LogP contribution < -0.4 is 10.6 Å². The smallest absolute Gasteiger partial charge is 0.192 e. The molecule has 0 bridgehead atoms. The summed E-state index contributed by atoms with van der Waals surface area (Å²) in [6.45, 7) is 8.49. The monoisotopic (exact) mass is 347 g/mol. The normalized spacial score (nSPS) is 17.6. The van der Waals surface area contributed by atoms with Crippen LogP contribution in [0.15, 0.2) is 10.4 Å². The van der Waals surface area contributed by atoms with Crippen molar-refractivity contribution in [3.05, 3.63) is 27.7 Å². The zero-order chi connectivity index (χ0) is 16.9. The second-order valence-corrected chi connectivity index (χ2v) is 6.80. The van der Waals surface area contributed by atoms with Gasteiger partial charge in [0.05, 0.1) is 23.3 Å². The first-order valence-corrected chi connectivity index (χ1v) is 9.47. The van der Waals surface area contributed by atoms with Crippen LogP contribution in [0.4, 0.5) is 0 Å². The maximum absolute atomic E-state index is 4.69. The van der Waals surface area contributed by atoms with Gasteiger partial charge in [-0.1, -0.05) is 6.92 Å². The predicted molar refractivity (Wildman–Crippen MR) is 96.2 cm³/mol. The number of nitrogens with one attached hydrogen (secondary N) is 2. The first kappa shape index (κ1) is 16.9. The highest BCUT2D eigenvalue weighted by molar-refractivity contribution is 7.09. The van der Waals surface area contributed by atoms with E-state index in [9.17, 15) is 0 Å². The third-order valence-corrected chi connectivity index (χ3v) is 4.98. The van der Waals surface area contributed by atoms with E-state index in [1.165, 1.54) is 0 Å². The molecule has 2 aromatic rings. The van der Waals surface area contributed by atoms with E-state index in [-0.39, 0.29) is 6.04 Å². The van der Waals surface area contributed by atoms with Gasteiger partial charge in [0.15, 0.2) is 5.96 Å². The zero-order valence-corrected chi connectivity index (χ0v) is 15.4. The van der Waals surface area contributed by atoms with Crippen LogP contribution >= 0.6 is 11.3 Å². The van der Waals surface area contributed by atoms with Crippen molar-refractivity contribution in [3.8, 4) is 0 Å². The summed E-state index contributed by atoms with van der Waals surface area (Å²) in [5, 5.41) is 14.5. The van der Waals surface area contributed by atoms with E-state index in [1.807, 2.05) is 11.6 Å². The molecule has 0 saturated carbocycles. The van der Waals surface area contributed by atoms with Crippen LogP contribution in [0.25, 0.3) is 0 Å². The Morgan fingerprint density at radius 3 is 3.04 bits per heavy atom. The van der Waals surface area contributed by atoms with Gasteiger partial charge in [-0.3, -0.25) is 0 Å². The number of guanidine groups is 1. The minimum atomic E-state index is 0.152. The molecule has 8 heteroatoms. The molecule has 0 amide bonds. The predicted octanol–water partition coefficient (Wildman–Crippen LogP) is 2.20. The van der Waals surface area contributed by atoms with E-state index in [0.29, 0.717) is 6.54 Å². The highest BCUT2D eigenvalue weighted by atomic mass is 32.1. The van der Waals surface area contributed by atoms with Crippen molar-refractivity contribution in [3.63, 3.8) is 0 Å². The summed E-state index contributed by atoms with van der Waals surface area (Å²) in [4.78, 5) is 13.8. The number of rotatable bonds is 5. The van der Waals surface area contributed by atoms with Crippen LogP contribution in [-0.4, -0.2) is 32.3 Å². The third kappa shape index (κ3) is 3.92. The summed E-state index contributed by atoms with van der Waals surface area (Å²) < 4.78 is 2.01. The maximum Gasteiger partial charge on any atom is 0.192 e. The Morgan fingerprint density at radius 1 is 1.42 bits per heavy atom. The minimum Gasteiger partial charge on any atom is -0.357 e. The van der Waals surface area contributed by atoms with Crippen molar-refractivity contribution in [1.82, 2.24) is 30.4 Å². The van der Waals surface area contributed by atoms with Gasteiger partial charge in [0.1, 0.15) is 11.6 Å². The molecule has 1 aliphatic rings. The minimum absolute atomic E-state index is 0.152. The lowest BCUT2D eigenvalue weighted by atomic mass is 10.1. The standard InChI is InChI=1S/C16H25N7S/c1-4-14-20-12(10-24-14)9-18-16(17-5-2)21-13-7-6-8-23-15(13)19-11(3)22-23/h10,13H,4-9H2,1-3H3,(H2,17,18,21). The van der Waals surface area contributed by atoms with Crippen molar-refractivity contribution < 1.29 is 0 Å². The largest absolute Gasteiger partial charge is 0.357 e. The topological polar surface area (TPSA) is 80.0 Å². The van der Waals surface area contributed by atoms with Gasteiger partial charge in [-0.25, -0.2) is 19.6 Å². The van der Waals surface area contributed by atoms with Crippen molar-refractivity contribution >= 4 is 17.3 Å². The molecule has 2 aromatic heterocycles. The van der Waals surface area contributed by atoms with Gasteiger partial charge in [0.25, 0.3) is 0 Å². The number of aromatic nitrogens is 4. The van der Waals surface area contributed by atoms with E-state index >= 15 is 0 Å². The molecule has 1 unspecified atom stereocenters. The van der Waals surface area contributed by atoms with Crippen molar-refractivity contribution in [2.75, 3.05) is 6.54 Å². The van der Waals surface area contributed by atoms with Crippen molar-refractivity contribution in [2.45, 2.75) is 59.2 Å². The second kappa shape index (κ2) is 7.74. The molecule has 7 nitrogen and oxygen atoms in total. The molecule has 0 aliphatic carbocycles. The van der Waals surface area contributed by atoms with E-state index < -0.39 is 0 Å². The number of hydrogen-bond donors (Lipinski definition) is 2. The first-order chi connectivity index (χ1) is 11.7. The molecule has 0 aromatic carbocycles. The Kier molecular flexibility index (Phi) is 5.44. The Labute approximate surface area is 146 Å². The van der Waals surface area contributed by atoms with Gasteiger partial charge in [-0.2, -0.15) is 5.10 Å². The van der Waals surface area contributed by atoms with Crippen LogP contribution in [0.2, 0.25) is 0 Å². The maximum atomic E-state index is 4.69. The van der Waals surface area contributed by atoms with Crippen LogP contribution in [-0.2, 0) is 19.5 Å². The molecule has 0 fully saturated rings. The van der Waals surface area contributed by atoms with Gasteiger partial charge in [0, 0.05) is 18.5 Å². The lowest BCUT2D eigenvalue weighted by molar-refractivity contribution is 0.397. The van der Waals surface area contributed by atoms with Gasteiger partial charge >= 0.3 is 0 Å². The molecule has 2 N–H and O–H groups in total. The average molecular weight is 347 g/mol. The van der Waals surface area contributed by atoms with Crippen molar-refractivity contribution in [1.29, 1.82) is 0 Å². The Morgan fingerprint density at radius 2 is 2.29 bits per heavy atom. The first-order valence-electron chi connectivity index (χ1n) is 8.59. The van der Waals surface area contributed by atoms with Crippen LogP contribution in [0, 0.1) is 6.92 Å². The van der Waals surface area contributed by atoms with Gasteiger partial charge in [0.2, 0.25) is 0 Å². The van der Waals surface area contributed by atoms with E-state index in [4.69, 9.17) is 0 Å². The highest BCUT2D eigenvalue weighted by Gasteiger charge is 2.24. The number of thiazole rings is 1. The summed E-state index contributed by atoms with van der Waals surface area (Å²) in [6.07, 6.45) is 3.11. The number of aryl methyl sites for hydroxylation is 3. The van der Waals surface area contributed by atoms with E-state index in [0.717, 1.165) is 60.7 Å². The molecule has 3 rings (SSSR count). The third-order valence-electron chi connectivity index (χ3n) is 3.94. The summed E-state index contributed by atoms with van der Waals surface area (Å²) in [7, 11) is 0. The summed E-state index contributed by atoms with van der Waals surface area (Å²) in [6, 6.07) is 0.152. The Balaban J connectivity index is 1.70. The lowest BCUT2D eigenvalue weighted by Crippen LogP contribution is -2.41.